The number of anilines is 1. The average Bonchev–Trinajstić information content (AvgIpc) is 2.28. The van der Waals surface area contributed by atoms with Crippen LogP contribution in [-0.4, -0.2) is 23.0 Å². The summed E-state index contributed by atoms with van der Waals surface area (Å²) in [6.45, 7) is 6.42. The summed E-state index contributed by atoms with van der Waals surface area (Å²) >= 11 is 0. The van der Waals surface area contributed by atoms with Gasteiger partial charge in [-0.15, -0.1) is 0 Å². The predicted molar refractivity (Wildman–Crippen MR) is 66.0 cm³/mol. The van der Waals surface area contributed by atoms with E-state index in [1.807, 2.05) is 0 Å². The molecule has 1 aliphatic rings. The third kappa shape index (κ3) is 2.72. The van der Waals surface area contributed by atoms with Crippen molar-refractivity contribution in [3.8, 4) is 0 Å². The van der Waals surface area contributed by atoms with Gasteiger partial charge in [-0.3, -0.25) is 10.1 Å². The Morgan fingerprint density at radius 3 is 2.47 bits per heavy atom. The molecule has 0 N–H and O–H groups in total. The van der Waals surface area contributed by atoms with Crippen LogP contribution in [0.4, 0.5) is 11.5 Å². The quantitative estimate of drug-likeness (QED) is 0.583. The fourth-order valence-electron chi connectivity index (χ4n) is 2.52. The zero-order chi connectivity index (χ0) is 12.4. The van der Waals surface area contributed by atoms with E-state index in [2.05, 4.69) is 23.7 Å². The summed E-state index contributed by atoms with van der Waals surface area (Å²) in [5, 5.41) is 10.5. The lowest BCUT2D eigenvalue weighted by Crippen LogP contribution is -2.39. The van der Waals surface area contributed by atoms with Gasteiger partial charge in [0.2, 0.25) is 0 Å². The largest absolute Gasteiger partial charge is 0.356 e. The topological polar surface area (TPSA) is 59.3 Å². The number of pyridine rings is 1. The Hall–Kier alpha value is -1.65. The number of hydrogen-bond acceptors (Lipinski definition) is 4. The van der Waals surface area contributed by atoms with Gasteiger partial charge in [0.05, 0.1) is 4.92 Å². The lowest BCUT2D eigenvalue weighted by molar-refractivity contribution is -0.385. The minimum Gasteiger partial charge on any atom is -0.356 e. The molecule has 2 rings (SSSR count). The van der Waals surface area contributed by atoms with Crippen LogP contribution >= 0.6 is 0 Å². The van der Waals surface area contributed by atoms with Crippen molar-refractivity contribution in [3.63, 3.8) is 0 Å². The van der Waals surface area contributed by atoms with Gasteiger partial charge in [-0.25, -0.2) is 4.98 Å². The number of hydrogen-bond donors (Lipinski definition) is 0. The normalized spacial score (nSPS) is 24.7. The van der Waals surface area contributed by atoms with E-state index in [9.17, 15) is 10.1 Å². The first kappa shape index (κ1) is 11.8. The summed E-state index contributed by atoms with van der Waals surface area (Å²) in [4.78, 5) is 16.5. The minimum atomic E-state index is -0.418. The lowest BCUT2D eigenvalue weighted by Gasteiger charge is -2.35. The van der Waals surface area contributed by atoms with E-state index < -0.39 is 4.92 Å². The first-order valence-electron chi connectivity index (χ1n) is 5.91. The van der Waals surface area contributed by atoms with Crippen molar-refractivity contribution in [2.45, 2.75) is 20.3 Å². The summed E-state index contributed by atoms with van der Waals surface area (Å²) in [6.07, 6.45) is 2.57. The fourth-order valence-corrected chi connectivity index (χ4v) is 2.52. The highest BCUT2D eigenvalue weighted by atomic mass is 16.6. The Kier molecular flexibility index (Phi) is 3.26. The van der Waals surface area contributed by atoms with Gasteiger partial charge in [0.15, 0.2) is 0 Å². The molecule has 5 nitrogen and oxygen atoms in total. The van der Waals surface area contributed by atoms with Gasteiger partial charge in [0.25, 0.3) is 5.69 Å². The van der Waals surface area contributed by atoms with Crippen LogP contribution in [0.1, 0.15) is 20.3 Å². The Morgan fingerprint density at radius 2 is 2.00 bits per heavy atom. The van der Waals surface area contributed by atoms with Gasteiger partial charge >= 0.3 is 0 Å². The molecule has 2 heterocycles. The van der Waals surface area contributed by atoms with Gasteiger partial charge in [-0.05, 0) is 24.3 Å². The number of rotatable bonds is 2. The number of nitrogens with zero attached hydrogens (tertiary/aromatic N) is 3. The lowest BCUT2D eigenvalue weighted by atomic mass is 9.92. The molecule has 2 atom stereocenters. The Morgan fingerprint density at radius 1 is 1.35 bits per heavy atom. The second-order valence-corrected chi connectivity index (χ2v) is 4.98. The fraction of sp³-hybridized carbons (Fsp3) is 0.583. The summed E-state index contributed by atoms with van der Waals surface area (Å²) in [7, 11) is 0. The Bertz CT molecular complexity index is 395. The van der Waals surface area contributed by atoms with Gasteiger partial charge in [0, 0.05) is 19.2 Å². The van der Waals surface area contributed by atoms with Crippen molar-refractivity contribution in [1.29, 1.82) is 0 Å². The smallest absolute Gasteiger partial charge is 0.287 e. The third-order valence-corrected chi connectivity index (χ3v) is 3.14. The highest BCUT2D eigenvalue weighted by Gasteiger charge is 2.22. The molecule has 5 heteroatoms. The van der Waals surface area contributed by atoms with Crippen molar-refractivity contribution in [3.05, 3.63) is 28.4 Å². The third-order valence-electron chi connectivity index (χ3n) is 3.14. The highest BCUT2D eigenvalue weighted by molar-refractivity contribution is 5.43. The van der Waals surface area contributed by atoms with E-state index in [-0.39, 0.29) is 5.69 Å². The second-order valence-electron chi connectivity index (χ2n) is 4.98. The summed E-state index contributed by atoms with van der Waals surface area (Å²) < 4.78 is 0. The molecule has 1 aromatic rings. The highest BCUT2D eigenvalue weighted by Crippen LogP contribution is 2.25. The molecule has 0 aromatic carbocycles. The van der Waals surface area contributed by atoms with Crippen LogP contribution < -0.4 is 4.90 Å². The Balaban J connectivity index is 2.14. The molecule has 92 valence electrons. The van der Waals surface area contributed by atoms with Crippen molar-refractivity contribution in [2.75, 3.05) is 18.0 Å². The summed E-state index contributed by atoms with van der Waals surface area (Å²) in [6, 6.07) is 3.26. The van der Waals surface area contributed by atoms with Crippen LogP contribution in [0.5, 0.6) is 0 Å². The predicted octanol–water partition coefficient (Wildman–Crippen LogP) is 2.47. The maximum absolute atomic E-state index is 10.5. The van der Waals surface area contributed by atoms with E-state index in [1.54, 1.807) is 6.07 Å². The summed E-state index contributed by atoms with van der Waals surface area (Å²) in [5.74, 6) is 2.14. The minimum absolute atomic E-state index is 0.0480. The molecule has 0 unspecified atom stereocenters. The number of piperidine rings is 1. The van der Waals surface area contributed by atoms with Gasteiger partial charge in [0.1, 0.15) is 12.0 Å². The molecule has 1 saturated heterocycles. The molecule has 0 amide bonds. The SMILES string of the molecule is C[C@@H]1C[C@H](C)CN(c2ccc([N+](=O)[O-])cn2)C1. The Labute approximate surface area is 101 Å². The zero-order valence-electron chi connectivity index (χ0n) is 10.2. The maximum Gasteiger partial charge on any atom is 0.287 e. The van der Waals surface area contributed by atoms with Gasteiger partial charge in [-0.2, -0.15) is 0 Å². The van der Waals surface area contributed by atoms with Crippen molar-refractivity contribution in [1.82, 2.24) is 4.98 Å². The molecule has 0 spiro atoms. The van der Waals surface area contributed by atoms with Crippen LogP contribution in [0.2, 0.25) is 0 Å². The summed E-state index contributed by atoms with van der Waals surface area (Å²) in [5.41, 5.74) is 0.0480. The van der Waals surface area contributed by atoms with E-state index in [4.69, 9.17) is 0 Å². The zero-order valence-corrected chi connectivity index (χ0v) is 10.2. The molecule has 1 aliphatic heterocycles. The van der Waals surface area contributed by atoms with E-state index >= 15 is 0 Å². The van der Waals surface area contributed by atoms with Crippen LogP contribution in [0.3, 0.4) is 0 Å². The molecule has 17 heavy (non-hydrogen) atoms. The van der Waals surface area contributed by atoms with Crippen LogP contribution in [0, 0.1) is 22.0 Å². The molecule has 0 aliphatic carbocycles. The first-order chi connectivity index (χ1) is 8.06. The van der Waals surface area contributed by atoms with Gasteiger partial charge in [-0.1, -0.05) is 13.8 Å². The average molecular weight is 235 g/mol. The number of aromatic nitrogens is 1. The first-order valence-corrected chi connectivity index (χ1v) is 5.91. The van der Waals surface area contributed by atoms with Crippen molar-refractivity contribution < 1.29 is 4.92 Å². The molecule has 0 radical (unpaired) electrons. The van der Waals surface area contributed by atoms with Crippen LogP contribution in [0.15, 0.2) is 18.3 Å². The van der Waals surface area contributed by atoms with Gasteiger partial charge < -0.3 is 4.90 Å². The molecular weight excluding hydrogens is 218 g/mol. The standard InChI is InChI=1S/C12H17N3O2/c1-9-5-10(2)8-14(7-9)12-4-3-11(6-13-12)15(16)17/h3-4,6,9-10H,5,7-8H2,1-2H3/t9-,10+. The van der Waals surface area contributed by atoms with E-state index in [1.165, 1.54) is 18.7 Å². The van der Waals surface area contributed by atoms with Crippen LogP contribution in [-0.2, 0) is 0 Å². The van der Waals surface area contributed by atoms with E-state index in [0.717, 1.165) is 18.9 Å². The number of nitro groups is 1. The van der Waals surface area contributed by atoms with Crippen molar-refractivity contribution >= 4 is 11.5 Å². The molecule has 1 aromatic heterocycles. The molecule has 0 saturated carbocycles. The second kappa shape index (κ2) is 4.69. The van der Waals surface area contributed by atoms with Crippen LogP contribution in [0.25, 0.3) is 0 Å². The molecule has 1 fully saturated rings. The van der Waals surface area contributed by atoms with E-state index in [0.29, 0.717) is 11.8 Å². The molecule has 0 bridgehead atoms. The monoisotopic (exact) mass is 235 g/mol. The van der Waals surface area contributed by atoms with Crippen molar-refractivity contribution in [2.24, 2.45) is 11.8 Å². The maximum atomic E-state index is 10.5. The molecular formula is C12H17N3O2.